The number of amides is 3. The van der Waals surface area contributed by atoms with E-state index in [2.05, 4.69) is 31.3 Å². The van der Waals surface area contributed by atoms with E-state index in [1.165, 1.54) is 18.2 Å². The number of rotatable bonds is 9. The first-order valence-corrected chi connectivity index (χ1v) is 15.0. The maximum atomic E-state index is 15.3. The van der Waals surface area contributed by atoms with Gasteiger partial charge in [-0.1, -0.05) is 40.9 Å². The molecule has 0 aromatic heterocycles. The van der Waals surface area contributed by atoms with E-state index in [0.29, 0.717) is 12.8 Å². The van der Waals surface area contributed by atoms with Crippen molar-refractivity contribution >= 4 is 80.0 Å². The summed E-state index contributed by atoms with van der Waals surface area (Å²) >= 11 is 21.9. The minimum absolute atomic E-state index is 0.0260. The van der Waals surface area contributed by atoms with Gasteiger partial charge in [-0.3, -0.25) is 9.59 Å². The molecule has 1 saturated carbocycles. The number of primary amides is 1. The summed E-state index contributed by atoms with van der Waals surface area (Å²) in [5.74, 6) is -7.57. The van der Waals surface area contributed by atoms with Crippen molar-refractivity contribution in [2.75, 3.05) is 10.6 Å². The van der Waals surface area contributed by atoms with E-state index in [4.69, 9.17) is 40.5 Å². The van der Waals surface area contributed by atoms with Crippen LogP contribution in [0, 0.1) is 17.6 Å². The Kier molecular flexibility index (Phi) is 10.3. The van der Waals surface area contributed by atoms with Gasteiger partial charge in [-0.05, 0) is 66.4 Å². The summed E-state index contributed by atoms with van der Waals surface area (Å²) in [4.78, 5) is 37.6. The smallest absolute Gasteiger partial charge is 0.404 e. The van der Waals surface area contributed by atoms with Crippen molar-refractivity contribution in [2.45, 2.75) is 42.6 Å². The lowest BCUT2D eigenvalue weighted by molar-refractivity contribution is -0.137. The molecule has 1 fully saturated rings. The highest BCUT2D eigenvalue weighted by molar-refractivity contribution is 9.10. The van der Waals surface area contributed by atoms with Gasteiger partial charge in [-0.15, -0.1) is 23.2 Å². The summed E-state index contributed by atoms with van der Waals surface area (Å²) in [6, 6.07) is 7.77. The fourth-order valence-corrected chi connectivity index (χ4v) is 6.29. The normalized spacial score (nSPS) is 17.0. The molecule has 3 aromatic carbocycles. The molecule has 2 atom stereocenters. The second-order valence-corrected chi connectivity index (χ2v) is 12.9. The van der Waals surface area contributed by atoms with E-state index in [0.717, 1.165) is 24.3 Å². The van der Waals surface area contributed by atoms with Crippen LogP contribution < -0.4 is 21.1 Å². The first-order chi connectivity index (χ1) is 20.9. The lowest BCUT2D eigenvalue weighted by Gasteiger charge is -2.16. The number of nitrogens with two attached hydrogens (primary N) is 1. The van der Waals surface area contributed by atoms with Crippen LogP contribution in [-0.2, 0) is 17.4 Å². The number of aryl methyl sites for hydroxylation is 1. The van der Waals surface area contributed by atoms with Gasteiger partial charge >= 0.3 is 12.3 Å². The molecule has 3 aromatic rings. The van der Waals surface area contributed by atoms with E-state index >= 15 is 4.39 Å². The van der Waals surface area contributed by atoms with Crippen LogP contribution in [-0.4, -0.2) is 22.2 Å². The monoisotopic (exact) mass is 755 g/mol. The molecule has 1 aliphatic rings. The van der Waals surface area contributed by atoms with Gasteiger partial charge in [0.15, 0.2) is 11.6 Å². The molecule has 0 spiro atoms. The first-order valence-electron chi connectivity index (χ1n) is 13.1. The number of unbranched alkanes of at least 4 members (excludes halogenated alkanes) is 1. The van der Waals surface area contributed by atoms with Gasteiger partial charge in [0.1, 0.15) is 4.33 Å². The summed E-state index contributed by atoms with van der Waals surface area (Å²) in [6.07, 6.45) is -4.82. The Balaban J connectivity index is 1.59. The van der Waals surface area contributed by atoms with E-state index in [1.807, 2.05) is 6.92 Å². The third kappa shape index (κ3) is 7.65. The average Bonchev–Trinajstić information content (AvgIpc) is 3.53. The lowest BCUT2D eigenvalue weighted by atomic mass is 10.0. The number of benzene rings is 3. The molecule has 0 saturated heterocycles. The Labute approximate surface area is 276 Å². The number of nitrogens with one attached hydrogen (secondary N) is 2. The van der Waals surface area contributed by atoms with Crippen molar-refractivity contribution in [3.63, 3.8) is 0 Å². The molecule has 0 bridgehead atoms. The summed E-state index contributed by atoms with van der Waals surface area (Å²) in [5.41, 5.74) is 3.42. The van der Waals surface area contributed by atoms with E-state index in [9.17, 15) is 31.9 Å². The van der Waals surface area contributed by atoms with Crippen LogP contribution in [0.25, 0.3) is 0 Å². The molecule has 0 unspecified atom stereocenters. The van der Waals surface area contributed by atoms with Crippen LogP contribution >= 0.6 is 50.7 Å². The van der Waals surface area contributed by atoms with Crippen LogP contribution in [0.4, 0.5) is 38.1 Å². The number of hydrogen-bond acceptors (Lipinski definition) is 4. The Bertz CT molecular complexity index is 1690. The standard InChI is InChI=1S/C29H22BrCl3F5N3O4/c1-2-3-4-12-9-19(34)24(45-27(39)44)22(35)23(12)41-25(42)17-11-16(5-6-18(17)31)40-26(43)21-20(28(21,32)33)13-7-14(29(36,37)38)10-15(30)8-13/h5-11,20-21H,2-4H2,1H3,(H2,39,44)(H,40,43)(H,41,42)/t20-,21+/m0/s1. The van der Waals surface area contributed by atoms with Crippen LogP contribution in [0.2, 0.25) is 5.02 Å². The summed E-state index contributed by atoms with van der Waals surface area (Å²) in [6.45, 7) is 1.84. The summed E-state index contributed by atoms with van der Waals surface area (Å²) < 4.78 is 72.7. The molecule has 4 rings (SSSR count). The van der Waals surface area contributed by atoms with Crippen molar-refractivity contribution in [3.8, 4) is 5.75 Å². The van der Waals surface area contributed by atoms with Crippen molar-refractivity contribution in [1.82, 2.24) is 0 Å². The van der Waals surface area contributed by atoms with Crippen molar-refractivity contribution in [1.29, 1.82) is 0 Å². The van der Waals surface area contributed by atoms with Crippen LogP contribution in [0.15, 0.2) is 46.9 Å². The Morgan fingerprint density at radius 3 is 2.38 bits per heavy atom. The minimum atomic E-state index is -4.66. The zero-order chi connectivity index (χ0) is 33.4. The van der Waals surface area contributed by atoms with E-state index in [1.54, 1.807) is 0 Å². The molecular weight excluding hydrogens is 736 g/mol. The van der Waals surface area contributed by atoms with Crippen LogP contribution in [0.1, 0.15) is 52.7 Å². The second kappa shape index (κ2) is 13.3. The maximum absolute atomic E-state index is 15.3. The van der Waals surface area contributed by atoms with Crippen molar-refractivity contribution in [3.05, 3.63) is 85.8 Å². The zero-order valence-corrected chi connectivity index (χ0v) is 26.8. The fraction of sp³-hybridized carbons (Fsp3) is 0.276. The minimum Gasteiger partial charge on any atom is -0.404 e. The van der Waals surface area contributed by atoms with Crippen molar-refractivity contribution in [2.24, 2.45) is 11.7 Å². The molecule has 240 valence electrons. The number of hydrogen-bond donors (Lipinski definition) is 3. The summed E-state index contributed by atoms with van der Waals surface area (Å²) in [7, 11) is 0. The van der Waals surface area contributed by atoms with Gasteiger partial charge in [0.2, 0.25) is 11.7 Å². The average molecular weight is 758 g/mol. The Morgan fingerprint density at radius 2 is 1.76 bits per heavy atom. The topological polar surface area (TPSA) is 111 Å². The molecular formula is C29H22BrCl3F5N3O4. The quantitative estimate of drug-likeness (QED) is 0.150. The maximum Gasteiger partial charge on any atom is 0.416 e. The Morgan fingerprint density at radius 1 is 1.07 bits per heavy atom. The number of carbonyl (C=O) groups is 3. The van der Waals surface area contributed by atoms with Crippen molar-refractivity contribution < 1.29 is 41.1 Å². The number of anilines is 2. The molecule has 16 heteroatoms. The molecule has 45 heavy (non-hydrogen) atoms. The third-order valence-corrected chi connectivity index (χ3v) is 8.65. The fourth-order valence-electron chi connectivity index (χ4n) is 4.74. The highest BCUT2D eigenvalue weighted by atomic mass is 79.9. The molecule has 0 radical (unpaired) electrons. The third-order valence-electron chi connectivity index (χ3n) is 6.92. The molecule has 4 N–H and O–H groups in total. The van der Waals surface area contributed by atoms with Gasteiger partial charge in [0, 0.05) is 16.1 Å². The molecule has 0 heterocycles. The Hall–Kier alpha value is -3.13. The molecule has 0 aliphatic heterocycles. The number of alkyl halides is 5. The second-order valence-electron chi connectivity index (χ2n) is 10.1. The van der Waals surface area contributed by atoms with Crippen LogP contribution in [0.3, 0.4) is 0 Å². The zero-order valence-electron chi connectivity index (χ0n) is 22.9. The molecule has 1 aliphatic carbocycles. The highest BCUT2D eigenvalue weighted by Crippen LogP contribution is 2.65. The predicted octanol–water partition coefficient (Wildman–Crippen LogP) is 8.98. The highest BCUT2D eigenvalue weighted by Gasteiger charge is 2.67. The summed E-state index contributed by atoms with van der Waals surface area (Å²) in [5, 5.41) is 4.72. The van der Waals surface area contributed by atoms with Gasteiger partial charge < -0.3 is 21.1 Å². The SMILES string of the molecule is CCCCc1cc(F)c(OC(N)=O)c(F)c1NC(=O)c1cc(NC(=O)[C@H]2[C@H](c3cc(Br)cc(C(F)(F)F)c3)C2(Cl)Cl)ccc1Cl. The molecule has 7 nitrogen and oxygen atoms in total. The lowest BCUT2D eigenvalue weighted by Crippen LogP contribution is -2.21. The number of carbonyl (C=O) groups excluding carboxylic acids is 3. The molecule has 3 amide bonds. The largest absolute Gasteiger partial charge is 0.416 e. The number of halogens is 9. The van der Waals surface area contributed by atoms with Gasteiger partial charge in [0.25, 0.3) is 5.91 Å². The van der Waals surface area contributed by atoms with E-state index < -0.39 is 68.9 Å². The van der Waals surface area contributed by atoms with Gasteiger partial charge in [0.05, 0.1) is 27.8 Å². The first kappa shape index (κ1) is 34.7. The number of ether oxygens (including phenoxy) is 1. The van der Waals surface area contributed by atoms with Gasteiger partial charge in [-0.25, -0.2) is 13.6 Å². The predicted molar refractivity (Wildman–Crippen MR) is 163 cm³/mol. The van der Waals surface area contributed by atoms with Gasteiger partial charge in [-0.2, -0.15) is 13.2 Å². The van der Waals surface area contributed by atoms with E-state index in [-0.39, 0.29) is 38.3 Å². The van der Waals surface area contributed by atoms with Crippen LogP contribution in [0.5, 0.6) is 5.75 Å².